The van der Waals surface area contributed by atoms with E-state index >= 15 is 0 Å². The molecule has 250 valence electrons. The van der Waals surface area contributed by atoms with Gasteiger partial charge in [-0.15, -0.1) is 0 Å². The Morgan fingerprint density at radius 3 is 1.48 bits per heavy atom. The molecule has 0 fully saturated rings. The van der Waals surface area contributed by atoms with Crippen LogP contribution in [-0.2, 0) is 19.6 Å². The summed E-state index contributed by atoms with van der Waals surface area (Å²) in [4.78, 5) is 25.1. The van der Waals surface area contributed by atoms with E-state index in [9.17, 15) is 22.6 Å². The predicted octanol–water partition coefficient (Wildman–Crippen LogP) is 10.2. The monoisotopic (exact) mass is 634 g/mol. The molecule has 8 heteroatoms. The minimum atomic E-state index is -4.76. The Bertz CT molecular complexity index is 1080. The van der Waals surface area contributed by atoms with E-state index in [4.69, 9.17) is 9.47 Å². The van der Waals surface area contributed by atoms with Gasteiger partial charge in [0, 0.05) is 0 Å². The highest BCUT2D eigenvalue weighted by atomic mass is 32.2. The first-order valence-electron chi connectivity index (χ1n) is 17.1. The molecular formula is C36H58O7S. The summed E-state index contributed by atoms with van der Waals surface area (Å²) < 4.78 is 44.4. The zero-order valence-electron chi connectivity index (χ0n) is 27.4. The molecule has 0 amide bonds. The van der Waals surface area contributed by atoms with Gasteiger partial charge in [-0.05, 0) is 63.5 Å². The molecule has 0 radical (unpaired) electrons. The lowest BCUT2D eigenvalue weighted by Gasteiger charge is -2.13. The maximum absolute atomic E-state index is 12.9. The maximum atomic E-state index is 12.9. The van der Waals surface area contributed by atoms with Crippen molar-refractivity contribution < 1.29 is 32.0 Å². The molecule has 0 unspecified atom stereocenters. The number of benzene rings is 1. The summed E-state index contributed by atoms with van der Waals surface area (Å²) in [5.41, 5.74) is -0.694. The Balaban J connectivity index is 2.41. The molecule has 0 aliphatic carbocycles. The molecular weight excluding hydrogens is 576 g/mol. The van der Waals surface area contributed by atoms with Crippen LogP contribution >= 0.6 is 0 Å². The van der Waals surface area contributed by atoms with Crippen molar-refractivity contribution in [2.75, 3.05) is 13.2 Å². The molecule has 0 heterocycles. The first kappa shape index (κ1) is 39.6. The average Bonchev–Trinajstić information content (AvgIpc) is 3.00. The topological polar surface area (TPSA) is 107 Å². The summed E-state index contributed by atoms with van der Waals surface area (Å²) in [7, 11) is -4.76. The molecule has 7 nitrogen and oxygen atoms in total. The molecule has 0 saturated carbocycles. The Morgan fingerprint density at radius 2 is 1.02 bits per heavy atom. The number of ether oxygens (including phenoxy) is 2. The fourth-order valence-electron chi connectivity index (χ4n) is 4.91. The molecule has 0 atom stereocenters. The van der Waals surface area contributed by atoms with Gasteiger partial charge < -0.3 is 9.47 Å². The van der Waals surface area contributed by atoms with Crippen molar-refractivity contribution in [2.45, 2.75) is 147 Å². The van der Waals surface area contributed by atoms with Crippen LogP contribution in [0.15, 0.2) is 47.4 Å². The van der Waals surface area contributed by atoms with Gasteiger partial charge in [0.1, 0.15) is 4.90 Å². The number of hydrogen-bond acceptors (Lipinski definition) is 6. The van der Waals surface area contributed by atoms with Crippen LogP contribution in [0.4, 0.5) is 0 Å². The van der Waals surface area contributed by atoms with Gasteiger partial charge in [-0.2, -0.15) is 8.42 Å². The summed E-state index contributed by atoms with van der Waals surface area (Å²) in [5.74, 6) is -1.76. The number of rotatable bonds is 27. The number of unbranched alkanes of at least 4 members (excludes halogenated alkanes) is 16. The van der Waals surface area contributed by atoms with Crippen LogP contribution in [-0.4, -0.2) is 38.1 Å². The van der Waals surface area contributed by atoms with Gasteiger partial charge in [0.2, 0.25) is 0 Å². The fourth-order valence-corrected chi connectivity index (χ4v) is 5.61. The van der Waals surface area contributed by atoms with Gasteiger partial charge in [0.15, 0.2) is 0 Å². The summed E-state index contributed by atoms with van der Waals surface area (Å²) in [6.45, 7) is 4.63. The van der Waals surface area contributed by atoms with Crippen LogP contribution < -0.4 is 0 Å². The van der Waals surface area contributed by atoms with Crippen LogP contribution in [0, 0.1) is 0 Å². The van der Waals surface area contributed by atoms with Crippen LogP contribution in [0.2, 0.25) is 0 Å². The summed E-state index contributed by atoms with van der Waals surface area (Å²) in [6.07, 6.45) is 30.6. The smallest absolute Gasteiger partial charge is 0.340 e. The molecule has 44 heavy (non-hydrogen) atoms. The van der Waals surface area contributed by atoms with Crippen molar-refractivity contribution in [3.8, 4) is 0 Å². The van der Waals surface area contributed by atoms with E-state index in [1.807, 2.05) is 0 Å². The first-order valence-corrected chi connectivity index (χ1v) is 18.5. The SMILES string of the molecule is CCC/C=C/CCCCCCCCCOC(=O)c1cccc(S(=O)(=O)O)c1C(=O)OCCCCCCCCC/C=C/CCC. The first-order chi connectivity index (χ1) is 21.3. The van der Waals surface area contributed by atoms with E-state index in [-0.39, 0.29) is 18.8 Å². The molecule has 0 aliphatic rings. The molecule has 0 aromatic heterocycles. The second-order valence-electron chi connectivity index (χ2n) is 11.5. The normalized spacial score (nSPS) is 11.9. The molecule has 0 aliphatic heterocycles. The number of carbonyl (C=O) groups is 2. The zero-order valence-corrected chi connectivity index (χ0v) is 28.2. The van der Waals surface area contributed by atoms with Gasteiger partial charge in [0.05, 0.1) is 24.3 Å². The van der Waals surface area contributed by atoms with Gasteiger partial charge in [-0.1, -0.05) is 121 Å². The van der Waals surface area contributed by atoms with E-state index in [0.717, 1.165) is 70.3 Å². The number of esters is 2. The van der Waals surface area contributed by atoms with Gasteiger partial charge in [-0.3, -0.25) is 4.55 Å². The quantitative estimate of drug-likeness (QED) is 0.0444. The second-order valence-corrected chi connectivity index (χ2v) is 12.9. The Morgan fingerprint density at radius 1 is 0.614 bits per heavy atom. The van der Waals surface area contributed by atoms with E-state index in [1.165, 1.54) is 63.5 Å². The van der Waals surface area contributed by atoms with E-state index < -0.39 is 32.5 Å². The maximum Gasteiger partial charge on any atom is 0.340 e. The third kappa shape index (κ3) is 19.0. The fraction of sp³-hybridized carbons (Fsp3) is 0.667. The molecule has 0 saturated heterocycles. The van der Waals surface area contributed by atoms with E-state index in [2.05, 4.69) is 38.2 Å². The van der Waals surface area contributed by atoms with E-state index in [1.54, 1.807) is 0 Å². The van der Waals surface area contributed by atoms with Crippen LogP contribution in [0.25, 0.3) is 0 Å². The number of hydrogen-bond donors (Lipinski definition) is 1. The highest BCUT2D eigenvalue weighted by molar-refractivity contribution is 7.86. The van der Waals surface area contributed by atoms with Gasteiger partial charge in [-0.25, -0.2) is 9.59 Å². The Labute approximate surface area is 267 Å². The van der Waals surface area contributed by atoms with Gasteiger partial charge >= 0.3 is 11.9 Å². The van der Waals surface area contributed by atoms with Crippen LogP contribution in [0.5, 0.6) is 0 Å². The molecule has 0 bridgehead atoms. The van der Waals surface area contributed by atoms with Crippen molar-refractivity contribution in [3.05, 3.63) is 53.6 Å². The Hall–Kier alpha value is -2.45. The molecule has 1 rings (SSSR count). The molecule has 1 aromatic rings. The second kappa shape index (κ2) is 25.8. The largest absolute Gasteiger partial charge is 0.462 e. The standard InChI is InChI=1S/C36H58O7S/c1-3-5-7-9-11-13-15-17-19-21-23-25-30-42-35(37)32-28-27-29-33(44(39,40)41)34(32)36(38)43-31-26-24-22-20-18-16-14-12-10-8-6-4-2/h7-10,27-29H,3-6,11-26,30-31H2,1-2H3,(H,39,40,41)/b9-7+,10-8+. The Kier molecular flexibility index (Phi) is 23.2. The highest BCUT2D eigenvalue weighted by Crippen LogP contribution is 2.23. The number of allylic oxidation sites excluding steroid dienone is 4. The van der Waals surface area contributed by atoms with Crippen molar-refractivity contribution >= 4 is 22.1 Å². The van der Waals surface area contributed by atoms with Crippen molar-refractivity contribution in [1.82, 2.24) is 0 Å². The van der Waals surface area contributed by atoms with Crippen molar-refractivity contribution in [3.63, 3.8) is 0 Å². The van der Waals surface area contributed by atoms with Crippen LogP contribution in [0.3, 0.4) is 0 Å². The zero-order chi connectivity index (χ0) is 32.3. The minimum Gasteiger partial charge on any atom is -0.462 e. The van der Waals surface area contributed by atoms with Crippen LogP contribution in [0.1, 0.15) is 163 Å². The van der Waals surface area contributed by atoms with Crippen molar-refractivity contribution in [2.24, 2.45) is 0 Å². The lowest BCUT2D eigenvalue weighted by molar-refractivity contribution is 0.0446. The highest BCUT2D eigenvalue weighted by Gasteiger charge is 2.28. The van der Waals surface area contributed by atoms with E-state index in [0.29, 0.717) is 12.8 Å². The average molecular weight is 635 g/mol. The third-order valence-corrected chi connectivity index (χ3v) is 8.36. The van der Waals surface area contributed by atoms with Crippen molar-refractivity contribution in [1.29, 1.82) is 0 Å². The molecule has 1 N–H and O–H groups in total. The number of carbonyl (C=O) groups excluding carboxylic acids is 2. The lowest BCUT2D eigenvalue weighted by Crippen LogP contribution is -2.19. The summed E-state index contributed by atoms with van der Waals surface area (Å²) in [6, 6.07) is 3.71. The molecule has 1 aromatic carbocycles. The lowest BCUT2D eigenvalue weighted by atomic mass is 10.1. The predicted molar refractivity (Wildman–Crippen MR) is 179 cm³/mol. The summed E-state index contributed by atoms with van der Waals surface area (Å²) in [5, 5.41) is 0. The molecule has 0 spiro atoms. The minimum absolute atomic E-state index is 0.102. The third-order valence-electron chi connectivity index (χ3n) is 7.47. The van der Waals surface area contributed by atoms with Gasteiger partial charge in [0.25, 0.3) is 10.1 Å². The summed E-state index contributed by atoms with van der Waals surface area (Å²) >= 11 is 0.